The van der Waals surface area contributed by atoms with Crippen LogP contribution in [0.15, 0.2) is 54.6 Å². The molecule has 2 aromatic carbocycles. The van der Waals surface area contributed by atoms with Crippen molar-refractivity contribution in [3.63, 3.8) is 0 Å². The quantitative estimate of drug-likeness (QED) is 0.672. The summed E-state index contributed by atoms with van der Waals surface area (Å²) in [7, 11) is 1.64. The van der Waals surface area contributed by atoms with Crippen LogP contribution < -0.4 is 20.7 Å². The third-order valence-electron chi connectivity index (χ3n) is 5.37. The van der Waals surface area contributed by atoms with Gasteiger partial charge < -0.3 is 15.4 Å². The zero-order valence-electron chi connectivity index (χ0n) is 16.9. The van der Waals surface area contributed by atoms with E-state index in [0.717, 1.165) is 42.6 Å². The normalized spacial score (nSPS) is 15.3. The van der Waals surface area contributed by atoms with Crippen LogP contribution in [0.25, 0.3) is 0 Å². The second kappa shape index (κ2) is 10.6. The molecule has 6 heteroatoms. The average molecular weight is 397 g/mol. The molecule has 1 aliphatic carbocycles. The van der Waals surface area contributed by atoms with Crippen molar-refractivity contribution in [3.05, 3.63) is 65.7 Å². The topological polar surface area (TPSA) is 84.0 Å². The van der Waals surface area contributed by atoms with Gasteiger partial charge in [-0.25, -0.2) is 4.79 Å². The van der Waals surface area contributed by atoms with Crippen LogP contribution in [0.2, 0.25) is 0 Å². The summed E-state index contributed by atoms with van der Waals surface area (Å²) in [5.74, 6) is 0.491. The number of nitrogens with one attached hydrogen (secondary N) is 2. The molecule has 0 unspecified atom stereocenters. The molecular formula is C23H30N3O3+. The number of nitrogens with two attached hydrogens (primary N) is 1. The SMILES string of the molecule is COc1ccc([C@@H]([NH2+]CC(=O)NC(=O)NC2CCCCC2)c2ccccc2)cc1. The molecule has 2 aromatic rings. The van der Waals surface area contributed by atoms with E-state index in [-0.39, 0.29) is 24.5 Å². The van der Waals surface area contributed by atoms with Crippen LogP contribution in [-0.2, 0) is 4.79 Å². The van der Waals surface area contributed by atoms with Crippen molar-refractivity contribution < 1.29 is 19.6 Å². The minimum atomic E-state index is -0.393. The van der Waals surface area contributed by atoms with Gasteiger partial charge in [0.1, 0.15) is 11.8 Å². The Bertz CT molecular complexity index is 787. The molecule has 0 saturated heterocycles. The number of quaternary nitrogens is 1. The highest BCUT2D eigenvalue weighted by molar-refractivity contribution is 5.94. The van der Waals surface area contributed by atoms with Gasteiger partial charge in [0.15, 0.2) is 6.54 Å². The van der Waals surface area contributed by atoms with Gasteiger partial charge >= 0.3 is 6.03 Å². The Hall–Kier alpha value is -2.86. The Labute approximate surface area is 172 Å². The number of amides is 3. The summed E-state index contributed by atoms with van der Waals surface area (Å²) >= 11 is 0. The number of imide groups is 1. The first-order valence-corrected chi connectivity index (χ1v) is 10.3. The second-order valence-corrected chi connectivity index (χ2v) is 7.46. The molecule has 29 heavy (non-hydrogen) atoms. The van der Waals surface area contributed by atoms with Crippen LogP contribution in [0.1, 0.15) is 49.3 Å². The predicted octanol–water partition coefficient (Wildman–Crippen LogP) is 2.51. The second-order valence-electron chi connectivity index (χ2n) is 7.46. The molecule has 3 amide bonds. The van der Waals surface area contributed by atoms with Gasteiger partial charge in [0, 0.05) is 17.2 Å². The van der Waals surface area contributed by atoms with E-state index in [9.17, 15) is 9.59 Å². The minimum absolute atomic E-state index is 0.0470. The molecular weight excluding hydrogens is 366 g/mol. The lowest BCUT2D eigenvalue weighted by Crippen LogP contribution is -2.88. The molecule has 1 saturated carbocycles. The molecule has 4 N–H and O–H groups in total. The number of benzene rings is 2. The number of hydrogen-bond donors (Lipinski definition) is 3. The number of methoxy groups -OCH3 is 1. The van der Waals surface area contributed by atoms with E-state index in [1.165, 1.54) is 6.42 Å². The van der Waals surface area contributed by atoms with Crippen LogP contribution in [0.5, 0.6) is 5.75 Å². The van der Waals surface area contributed by atoms with E-state index in [1.807, 2.05) is 59.9 Å². The van der Waals surface area contributed by atoms with Gasteiger partial charge in [-0.05, 0) is 37.1 Å². The number of urea groups is 1. The van der Waals surface area contributed by atoms with Gasteiger partial charge in [0.25, 0.3) is 5.91 Å². The molecule has 0 bridgehead atoms. The maximum absolute atomic E-state index is 12.3. The van der Waals surface area contributed by atoms with Gasteiger partial charge in [-0.3, -0.25) is 10.1 Å². The number of rotatable bonds is 7. The Kier molecular flexibility index (Phi) is 7.64. The third-order valence-corrected chi connectivity index (χ3v) is 5.37. The van der Waals surface area contributed by atoms with Crippen molar-refractivity contribution in [2.45, 2.75) is 44.2 Å². The third kappa shape index (κ3) is 6.32. The van der Waals surface area contributed by atoms with E-state index in [4.69, 9.17) is 4.74 Å². The summed E-state index contributed by atoms with van der Waals surface area (Å²) in [5, 5.41) is 7.32. The standard InChI is InChI=1S/C23H29N3O3/c1-29-20-14-12-18(13-15-20)22(17-8-4-2-5-9-17)24-16-21(27)26-23(28)25-19-10-6-3-7-11-19/h2,4-5,8-9,12-15,19,22,24H,3,6-7,10-11,16H2,1H3,(H2,25,26,27,28)/p+1/t22-/m0/s1. The average Bonchev–Trinajstić information content (AvgIpc) is 2.75. The molecule has 0 aliphatic heterocycles. The fraction of sp³-hybridized carbons (Fsp3) is 0.391. The maximum atomic E-state index is 12.3. The molecule has 0 radical (unpaired) electrons. The lowest BCUT2D eigenvalue weighted by atomic mass is 9.96. The number of hydrogen-bond acceptors (Lipinski definition) is 3. The highest BCUT2D eigenvalue weighted by Crippen LogP contribution is 2.21. The Morgan fingerprint density at radius 2 is 1.66 bits per heavy atom. The summed E-state index contributed by atoms with van der Waals surface area (Å²) in [6.07, 6.45) is 5.46. The lowest BCUT2D eigenvalue weighted by Gasteiger charge is -2.22. The van der Waals surface area contributed by atoms with E-state index in [0.29, 0.717) is 0 Å². The first-order valence-electron chi connectivity index (χ1n) is 10.3. The van der Waals surface area contributed by atoms with Crippen molar-refractivity contribution in [3.8, 4) is 5.75 Å². The zero-order chi connectivity index (χ0) is 20.5. The molecule has 1 aliphatic rings. The van der Waals surface area contributed by atoms with Gasteiger partial charge in [-0.2, -0.15) is 0 Å². The van der Waals surface area contributed by atoms with Crippen molar-refractivity contribution in [1.82, 2.24) is 10.6 Å². The molecule has 1 fully saturated rings. The summed E-state index contributed by atoms with van der Waals surface area (Å²) < 4.78 is 5.24. The number of carbonyl (C=O) groups excluding carboxylic acids is 2. The molecule has 0 heterocycles. The first kappa shape index (κ1) is 20.9. The molecule has 6 nitrogen and oxygen atoms in total. The number of ether oxygens (including phenoxy) is 1. The maximum Gasteiger partial charge on any atom is 0.321 e. The van der Waals surface area contributed by atoms with Gasteiger partial charge in [0.2, 0.25) is 0 Å². The molecule has 0 spiro atoms. The largest absolute Gasteiger partial charge is 0.497 e. The zero-order valence-corrected chi connectivity index (χ0v) is 16.9. The minimum Gasteiger partial charge on any atom is -0.497 e. The fourth-order valence-corrected chi connectivity index (χ4v) is 3.81. The first-order chi connectivity index (χ1) is 14.2. The predicted molar refractivity (Wildman–Crippen MR) is 112 cm³/mol. The molecule has 0 aromatic heterocycles. The summed E-state index contributed by atoms with van der Waals surface area (Å²) in [6, 6.07) is 17.6. The smallest absolute Gasteiger partial charge is 0.321 e. The summed E-state index contributed by atoms with van der Waals surface area (Å²) in [4.78, 5) is 24.4. The van der Waals surface area contributed by atoms with Crippen LogP contribution in [0, 0.1) is 0 Å². The molecule has 3 rings (SSSR count). The van der Waals surface area contributed by atoms with E-state index in [2.05, 4.69) is 10.6 Å². The summed E-state index contributed by atoms with van der Waals surface area (Å²) in [6.45, 7) is 0.156. The molecule has 1 atom stereocenters. The van der Waals surface area contributed by atoms with Gasteiger partial charge in [-0.15, -0.1) is 0 Å². The van der Waals surface area contributed by atoms with Crippen LogP contribution in [0.4, 0.5) is 4.79 Å². The van der Waals surface area contributed by atoms with E-state index >= 15 is 0 Å². The van der Waals surface area contributed by atoms with Crippen molar-refractivity contribution >= 4 is 11.9 Å². The van der Waals surface area contributed by atoms with Crippen molar-refractivity contribution in [2.75, 3.05) is 13.7 Å². The van der Waals surface area contributed by atoms with E-state index in [1.54, 1.807) is 7.11 Å². The lowest BCUT2D eigenvalue weighted by molar-refractivity contribution is -0.676. The van der Waals surface area contributed by atoms with E-state index < -0.39 is 6.03 Å². The van der Waals surface area contributed by atoms with Crippen LogP contribution in [0.3, 0.4) is 0 Å². The Morgan fingerprint density at radius 1 is 1.00 bits per heavy atom. The van der Waals surface area contributed by atoms with Crippen LogP contribution >= 0.6 is 0 Å². The monoisotopic (exact) mass is 396 g/mol. The highest BCUT2D eigenvalue weighted by atomic mass is 16.5. The summed E-state index contributed by atoms with van der Waals surface area (Å²) in [5.41, 5.74) is 2.16. The van der Waals surface area contributed by atoms with Gasteiger partial charge in [-0.1, -0.05) is 49.6 Å². The number of carbonyl (C=O) groups is 2. The van der Waals surface area contributed by atoms with Crippen LogP contribution in [-0.4, -0.2) is 31.6 Å². The fourth-order valence-electron chi connectivity index (χ4n) is 3.81. The van der Waals surface area contributed by atoms with Gasteiger partial charge in [0.05, 0.1) is 7.11 Å². The van der Waals surface area contributed by atoms with Crippen molar-refractivity contribution in [1.29, 1.82) is 0 Å². The highest BCUT2D eigenvalue weighted by Gasteiger charge is 2.21. The Morgan fingerprint density at radius 3 is 2.31 bits per heavy atom. The van der Waals surface area contributed by atoms with Crippen molar-refractivity contribution in [2.24, 2.45) is 0 Å². The molecule has 154 valence electrons. The Balaban J connectivity index is 1.58.